The number of thioether (sulfide) groups is 4. The lowest BCUT2D eigenvalue weighted by Crippen LogP contribution is -2.82. The molecule has 7 rings (SSSR count). The number of ketones is 1. The number of ether oxygens (including phenoxy) is 5. The van der Waals surface area contributed by atoms with Gasteiger partial charge in [0, 0.05) is 48.2 Å². The van der Waals surface area contributed by atoms with E-state index in [9.17, 15) is 19.8 Å². The predicted molar refractivity (Wildman–Crippen MR) is 190 cm³/mol. The molecule has 0 aromatic heterocycles. The molecule has 268 valence electrons. The number of fused-ring (bicyclic) bond motifs is 5. The molecule has 2 N–H and O–H groups in total. The van der Waals surface area contributed by atoms with E-state index in [1.807, 2.05) is 13.8 Å². The lowest BCUT2D eigenvalue weighted by molar-refractivity contribution is -0.348. The van der Waals surface area contributed by atoms with Crippen LogP contribution in [0.5, 0.6) is 0 Å². The van der Waals surface area contributed by atoms with Gasteiger partial charge in [0.2, 0.25) is 0 Å². The topological polar surface area (TPSA) is 138 Å². The summed E-state index contributed by atoms with van der Waals surface area (Å²) in [6.45, 7) is 8.45. The Hall–Kier alpha value is -1.23. The highest BCUT2D eigenvalue weighted by molar-refractivity contribution is 8.20. The van der Waals surface area contributed by atoms with Gasteiger partial charge in [-0.15, -0.1) is 47.0 Å². The molecular weight excluding hydrogens is 709 g/mol. The van der Waals surface area contributed by atoms with Crippen molar-refractivity contribution in [2.75, 3.05) is 29.6 Å². The first-order chi connectivity index (χ1) is 23.2. The van der Waals surface area contributed by atoms with E-state index < -0.39 is 70.4 Å². The van der Waals surface area contributed by atoms with Gasteiger partial charge in [0.1, 0.15) is 28.7 Å². The standard InChI is InChI=1S/C35H44O10S4/c1-18-21(37)16-35(40)28(44-29(39)20-9-7-6-8-10-20)26-33(5,27(38)25(24(18)32(35,3)4)43-31-48-13-14-49-31)22(42-30-46-11-12-47-30)15-23-34(26,17-41-23)45-19(2)36/h6-10,21-23,25-26,28,30-31,37,40H,11-17H2,1-5H3/t21-,22-,23+,25+,26-,28-,33+,34-,35+/m0/s1. The summed E-state index contributed by atoms with van der Waals surface area (Å²) in [5.74, 6) is 0.756. The van der Waals surface area contributed by atoms with Gasteiger partial charge in [-0.2, -0.15) is 0 Å². The molecule has 9 atom stereocenters. The molecule has 0 unspecified atom stereocenters. The molecule has 3 aliphatic heterocycles. The molecule has 2 saturated carbocycles. The average Bonchev–Trinajstić information content (AvgIpc) is 3.77. The maximum Gasteiger partial charge on any atom is 0.338 e. The molecule has 14 heteroatoms. The molecule has 0 spiro atoms. The number of benzene rings is 1. The van der Waals surface area contributed by atoms with Crippen LogP contribution < -0.4 is 0 Å². The summed E-state index contributed by atoms with van der Waals surface area (Å²) in [7, 11) is 0. The number of carbonyl (C=O) groups is 3. The van der Waals surface area contributed by atoms with Crippen molar-refractivity contribution < 1.29 is 48.3 Å². The van der Waals surface area contributed by atoms with Crippen LogP contribution in [-0.4, -0.2) is 109 Å². The van der Waals surface area contributed by atoms with Crippen LogP contribution in [0, 0.1) is 16.7 Å². The summed E-state index contributed by atoms with van der Waals surface area (Å²) in [4.78, 5) is 42.9. The fourth-order valence-electron chi connectivity index (χ4n) is 9.01. The molecule has 1 aromatic carbocycles. The van der Waals surface area contributed by atoms with Gasteiger partial charge in [-0.1, -0.05) is 32.0 Å². The van der Waals surface area contributed by atoms with Crippen molar-refractivity contribution in [1.29, 1.82) is 0 Å². The van der Waals surface area contributed by atoms with E-state index in [2.05, 4.69) is 0 Å². The summed E-state index contributed by atoms with van der Waals surface area (Å²) < 4.78 is 31.9. The van der Waals surface area contributed by atoms with Gasteiger partial charge >= 0.3 is 11.9 Å². The van der Waals surface area contributed by atoms with Crippen LogP contribution in [0.4, 0.5) is 0 Å². The zero-order valence-corrected chi connectivity index (χ0v) is 31.5. The molecule has 6 aliphatic rings. The van der Waals surface area contributed by atoms with E-state index >= 15 is 4.79 Å². The van der Waals surface area contributed by atoms with Crippen LogP contribution in [-0.2, 0) is 33.3 Å². The maximum atomic E-state index is 15.8. The Morgan fingerprint density at radius 3 is 2.14 bits per heavy atom. The summed E-state index contributed by atoms with van der Waals surface area (Å²) in [5, 5.41) is 25.1. The minimum atomic E-state index is -1.96. The van der Waals surface area contributed by atoms with Gasteiger partial charge in [-0.25, -0.2) is 4.79 Å². The Labute approximate surface area is 303 Å². The second-order valence-electron chi connectivity index (χ2n) is 14.5. The third-order valence-electron chi connectivity index (χ3n) is 11.6. The van der Waals surface area contributed by atoms with Crippen LogP contribution in [0.2, 0.25) is 0 Å². The minimum Gasteiger partial charge on any atom is -0.455 e. The molecule has 10 nitrogen and oxygen atoms in total. The zero-order valence-electron chi connectivity index (χ0n) is 28.2. The first kappa shape index (κ1) is 36.1. The number of hydrogen-bond donors (Lipinski definition) is 2. The Bertz CT molecular complexity index is 1510. The second kappa shape index (κ2) is 13.3. The van der Waals surface area contributed by atoms with Crippen molar-refractivity contribution in [2.24, 2.45) is 16.7 Å². The monoisotopic (exact) mass is 752 g/mol. The van der Waals surface area contributed by atoms with E-state index in [0.717, 1.165) is 23.0 Å². The van der Waals surface area contributed by atoms with Gasteiger partial charge in [0.05, 0.1) is 35.7 Å². The summed E-state index contributed by atoms with van der Waals surface area (Å²) in [5.41, 5.74) is -4.89. The molecule has 5 fully saturated rings. The largest absolute Gasteiger partial charge is 0.455 e. The number of esters is 2. The minimum absolute atomic E-state index is 0.0650. The SMILES string of the molecule is CC(=O)O[C@@]12CO[C@@H]1C[C@H](OC1SCCS1)[C@@]1(C)C(=O)[C@H](OC3SCCS3)C3=C(C)[C@@H](O)C[C@@](O)([C@@H](OC(=O)c4ccccc4)[C@H]21)C3(C)C. The normalized spacial score (nSPS) is 40.5. The van der Waals surface area contributed by atoms with Crippen LogP contribution in [0.3, 0.4) is 0 Å². The van der Waals surface area contributed by atoms with Gasteiger partial charge < -0.3 is 33.9 Å². The Morgan fingerprint density at radius 2 is 1.57 bits per heavy atom. The highest BCUT2D eigenvalue weighted by atomic mass is 32.2. The van der Waals surface area contributed by atoms with Gasteiger partial charge in [-0.05, 0) is 37.1 Å². The number of Topliss-reactive ketones (excluding diaryl/α,β-unsaturated/α-hetero) is 1. The summed E-state index contributed by atoms with van der Waals surface area (Å²) in [6, 6.07) is 8.46. The predicted octanol–water partition coefficient (Wildman–Crippen LogP) is 4.66. The van der Waals surface area contributed by atoms with Crippen molar-refractivity contribution in [1.82, 2.24) is 0 Å². The molecule has 3 heterocycles. The van der Waals surface area contributed by atoms with E-state index in [4.69, 9.17) is 23.7 Å². The molecule has 0 radical (unpaired) electrons. The van der Waals surface area contributed by atoms with Gasteiger partial charge in [-0.3, -0.25) is 9.59 Å². The van der Waals surface area contributed by atoms with Gasteiger partial charge in [0.25, 0.3) is 0 Å². The van der Waals surface area contributed by atoms with Crippen LogP contribution >= 0.6 is 47.0 Å². The molecule has 1 aromatic rings. The molecule has 49 heavy (non-hydrogen) atoms. The second-order valence-corrected chi connectivity index (χ2v) is 19.7. The fraction of sp³-hybridized carbons (Fsp3) is 0.686. The first-order valence-corrected chi connectivity index (χ1v) is 20.9. The third kappa shape index (κ3) is 5.74. The number of aliphatic hydroxyl groups is 2. The van der Waals surface area contributed by atoms with E-state index in [1.165, 1.54) is 6.92 Å². The number of hydrogen-bond acceptors (Lipinski definition) is 14. The van der Waals surface area contributed by atoms with Crippen LogP contribution in [0.1, 0.15) is 57.8 Å². The quantitative estimate of drug-likeness (QED) is 0.295. The van der Waals surface area contributed by atoms with Crippen molar-refractivity contribution in [3.05, 3.63) is 47.0 Å². The van der Waals surface area contributed by atoms with E-state index in [1.54, 1.807) is 91.2 Å². The first-order valence-electron chi connectivity index (χ1n) is 16.7. The molecular formula is C35H44O10S4. The lowest BCUT2D eigenvalue weighted by atomic mass is 9.44. The van der Waals surface area contributed by atoms with Crippen molar-refractivity contribution >= 4 is 64.8 Å². The van der Waals surface area contributed by atoms with Crippen molar-refractivity contribution in [2.45, 2.75) is 98.7 Å². The third-order valence-corrected chi connectivity index (χ3v) is 17.0. The zero-order chi connectivity index (χ0) is 34.9. The smallest absolute Gasteiger partial charge is 0.338 e. The van der Waals surface area contributed by atoms with Crippen molar-refractivity contribution in [3.8, 4) is 0 Å². The number of rotatable bonds is 7. The lowest BCUT2D eigenvalue weighted by Gasteiger charge is -2.68. The van der Waals surface area contributed by atoms with Crippen LogP contribution in [0.15, 0.2) is 41.5 Å². The molecule has 3 saturated heterocycles. The molecule has 3 aliphatic carbocycles. The van der Waals surface area contributed by atoms with Crippen LogP contribution in [0.25, 0.3) is 0 Å². The fourth-order valence-corrected chi connectivity index (χ4v) is 14.0. The maximum absolute atomic E-state index is 15.8. The van der Waals surface area contributed by atoms with E-state index in [-0.39, 0.29) is 40.3 Å². The summed E-state index contributed by atoms with van der Waals surface area (Å²) >= 11 is 6.53. The molecule has 0 amide bonds. The van der Waals surface area contributed by atoms with E-state index in [0.29, 0.717) is 11.1 Å². The Kier molecular flexibility index (Phi) is 9.82. The highest BCUT2D eigenvalue weighted by Gasteiger charge is 2.78. The summed E-state index contributed by atoms with van der Waals surface area (Å²) in [6.07, 6.45) is -5.20. The average molecular weight is 753 g/mol. The Balaban J connectivity index is 1.49. The van der Waals surface area contributed by atoms with Gasteiger partial charge in [0.15, 0.2) is 16.2 Å². The Morgan fingerprint density at radius 1 is 0.959 bits per heavy atom. The number of aliphatic hydroxyl groups excluding tert-OH is 1. The van der Waals surface area contributed by atoms with Crippen molar-refractivity contribution in [3.63, 3.8) is 0 Å². The molecule has 2 bridgehead atoms. The number of carbonyl (C=O) groups excluding carboxylic acids is 3. The highest BCUT2D eigenvalue weighted by Crippen LogP contribution is 2.65.